The second-order valence-corrected chi connectivity index (χ2v) is 29.2. The molecule has 86 valence electrons. The van der Waals surface area contributed by atoms with Crippen molar-refractivity contribution in [1.82, 2.24) is 9.13 Å². The fraction of sp³-hybridized carbons (Fsp3) is 1.00. The van der Waals surface area contributed by atoms with E-state index in [0.717, 1.165) is 0 Å². The zero-order chi connectivity index (χ0) is 11.1. The third-order valence-corrected chi connectivity index (χ3v) is 49.1. The maximum atomic E-state index is 2.83. The van der Waals surface area contributed by atoms with Gasteiger partial charge in [-0.15, -0.1) is 0 Å². The summed E-state index contributed by atoms with van der Waals surface area (Å²) in [5.74, 6) is 0. The monoisotopic (exact) mass is 264 g/mol. The molecule has 0 aliphatic heterocycles. The quantitative estimate of drug-likeness (QED) is 0.487. The van der Waals surface area contributed by atoms with E-state index in [9.17, 15) is 0 Å². The molecule has 0 aromatic rings. The maximum absolute atomic E-state index is 2.83. The van der Waals surface area contributed by atoms with Crippen LogP contribution in [0.1, 0.15) is 27.7 Å². The molecule has 0 amide bonds. The van der Waals surface area contributed by atoms with Gasteiger partial charge in [-0.05, 0) is 26.2 Å². The summed E-state index contributed by atoms with van der Waals surface area (Å²) in [7, 11) is 2.19. The molecule has 0 bridgehead atoms. The molecular weight excluding hydrogens is 236 g/mol. The third-order valence-electron chi connectivity index (χ3n) is 3.47. The highest BCUT2D eigenvalue weighted by Crippen LogP contribution is 1.99. The average molecular weight is 265 g/mol. The molecule has 2 unspecified atom stereocenters. The van der Waals surface area contributed by atoms with Crippen molar-refractivity contribution in [3.05, 3.63) is 0 Å². The van der Waals surface area contributed by atoms with Crippen LogP contribution in [-0.2, 0) is 0 Å². The maximum Gasteiger partial charge on any atom is 0.0935 e. The van der Waals surface area contributed by atoms with E-state index in [2.05, 4.69) is 36.8 Å². The predicted octanol–water partition coefficient (Wildman–Crippen LogP) is -2.08. The Morgan fingerprint density at radius 1 is 0.714 bits per heavy atom. The van der Waals surface area contributed by atoms with Crippen LogP contribution < -0.4 is 0 Å². The molecule has 0 aromatic heterocycles. The van der Waals surface area contributed by atoms with Gasteiger partial charge in [-0.3, -0.25) is 0 Å². The van der Waals surface area contributed by atoms with Crippen LogP contribution in [0, 0.1) is 0 Å². The minimum atomic E-state index is -0.406. The lowest BCUT2D eigenvalue weighted by atomic mass is 10.7. The molecule has 2 nitrogen and oxygen atoms in total. The molecule has 0 fully saturated rings. The third kappa shape index (κ3) is 4.11. The molecule has 0 spiro atoms. The summed E-state index contributed by atoms with van der Waals surface area (Å²) < 4.78 is 5.66. The van der Waals surface area contributed by atoms with Gasteiger partial charge in [0.15, 0.2) is 0 Å². The molecule has 0 heterocycles. The Morgan fingerprint density at radius 2 is 0.929 bits per heavy atom. The second kappa shape index (κ2) is 8.00. The van der Waals surface area contributed by atoms with E-state index < -0.39 is 16.0 Å². The molecule has 14 heavy (non-hydrogen) atoms. The molecule has 0 saturated carbocycles. The highest BCUT2D eigenvalue weighted by Gasteiger charge is 2.24. The smallest absolute Gasteiger partial charge is 0.0935 e. The molecule has 0 aromatic carbocycles. The van der Waals surface area contributed by atoms with Crippen molar-refractivity contribution in [2.75, 3.05) is 26.2 Å². The average Bonchev–Trinajstić information content (AvgIpc) is 2.21. The topological polar surface area (TPSA) is 6.48 Å². The Hall–Kier alpha value is 0.788. The summed E-state index contributed by atoms with van der Waals surface area (Å²) in [6, 6.07) is 0. The summed E-state index contributed by atoms with van der Waals surface area (Å²) in [6.45, 7) is 14.6. The second-order valence-electron chi connectivity index (χ2n) is 3.92. The zero-order valence-electron chi connectivity index (χ0n) is 10.9. The molecule has 0 N–H and O–H groups in total. The Bertz CT molecular complexity index is 123. The SMILES string of the molecule is CCN(CC)[SiH]([SiH3])[SiH]([SiH3])N(CC)CC. The van der Waals surface area contributed by atoms with Crippen LogP contribution in [0.25, 0.3) is 0 Å². The van der Waals surface area contributed by atoms with Gasteiger partial charge in [-0.1, -0.05) is 27.7 Å². The van der Waals surface area contributed by atoms with Crippen LogP contribution in [-0.4, -0.2) is 70.8 Å². The van der Waals surface area contributed by atoms with Crippen molar-refractivity contribution in [3.63, 3.8) is 0 Å². The molecule has 0 aliphatic rings. The molecule has 0 aliphatic carbocycles. The summed E-state index contributed by atoms with van der Waals surface area (Å²) in [5.41, 5.74) is 0. The van der Waals surface area contributed by atoms with E-state index in [4.69, 9.17) is 0 Å². The van der Waals surface area contributed by atoms with Crippen molar-refractivity contribution in [1.29, 1.82) is 0 Å². The lowest BCUT2D eigenvalue weighted by Crippen LogP contribution is -2.60. The van der Waals surface area contributed by atoms with Gasteiger partial charge in [0, 0.05) is 19.5 Å². The number of nitrogens with zero attached hydrogens (tertiary/aromatic N) is 2. The van der Waals surface area contributed by atoms with Crippen molar-refractivity contribution < 1.29 is 0 Å². The summed E-state index contributed by atoms with van der Waals surface area (Å²) in [5, 5.41) is 0. The van der Waals surface area contributed by atoms with Gasteiger partial charge in [0.25, 0.3) is 0 Å². The van der Waals surface area contributed by atoms with Crippen LogP contribution in [0.4, 0.5) is 0 Å². The van der Waals surface area contributed by atoms with Gasteiger partial charge in [-0.25, -0.2) is 0 Å². The molecule has 6 heteroatoms. The first-order chi connectivity index (χ1) is 6.62. The Kier molecular flexibility index (Phi) is 8.45. The molecule has 0 saturated heterocycles. The summed E-state index contributed by atoms with van der Waals surface area (Å²) in [4.78, 5) is 0. The van der Waals surface area contributed by atoms with E-state index in [1.807, 2.05) is 0 Å². The van der Waals surface area contributed by atoms with Crippen molar-refractivity contribution >= 4 is 35.5 Å². The lowest BCUT2D eigenvalue weighted by molar-refractivity contribution is 0.475. The fourth-order valence-corrected chi connectivity index (χ4v) is 23.9. The molecule has 0 rings (SSSR count). The number of rotatable bonds is 7. The van der Waals surface area contributed by atoms with Gasteiger partial charge >= 0.3 is 0 Å². The minimum absolute atomic E-state index is 0.406. The van der Waals surface area contributed by atoms with Crippen LogP contribution in [0.5, 0.6) is 0 Å². The molecule has 0 radical (unpaired) electrons. The first kappa shape index (κ1) is 14.8. The zero-order valence-corrected chi connectivity index (χ0v) is 17.2. The lowest BCUT2D eigenvalue weighted by Gasteiger charge is -2.35. The Balaban J connectivity index is 4.26. The molecule has 2 atom stereocenters. The predicted molar refractivity (Wildman–Crippen MR) is 80.0 cm³/mol. The number of hydrogen-bond acceptors (Lipinski definition) is 2. The normalized spacial score (nSPS) is 16.7. The van der Waals surface area contributed by atoms with E-state index in [1.165, 1.54) is 45.7 Å². The van der Waals surface area contributed by atoms with Crippen molar-refractivity contribution in [2.24, 2.45) is 0 Å². The first-order valence-corrected chi connectivity index (χ1v) is 19.0. The van der Waals surface area contributed by atoms with E-state index in [-0.39, 0.29) is 0 Å². The van der Waals surface area contributed by atoms with Gasteiger partial charge in [-0.2, -0.15) is 0 Å². The fourth-order valence-electron chi connectivity index (χ4n) is 2.21. The van der Waals surface area contributed by atoms with Crippen LogP contribution in [0.2, 0.25) is 0 Å². The first-order valence-electron chi connectivity index (χ1n) is 6.10. The summed E-state index contributed by atoms with van der Waals surface area (Å²) in [6.07, 6.45) is 0. The van der Waals surface area contributed by atoms with Crippen molar-refractivity contribution in [3.8, 4) is 0 Å². The van der Waals surface area contributed by atoms with E-state index in [1.54, 1.807) is 0 Å². The van der Waals surface area contributed by atoms with Crippen LogP contribution in [0.3, 0.4) is 0 Å². The number of hydrogen-bond donors (Lipinski definition) is 0. The Morgan fingerprint density at radius 3 is 1.07 bits per heavy atom. The van der Waals surface area contributed by atoms with Gasteiger partial charge in [0.1, 0.15) is 0 Å². The van der Waals surface area contributed by atoms with Crippen molar-refractivity contribution in [2.45, 2.75) is 27.7 Å². The van der Waals surface area contributed by atoms with Crippen LogP contribution in [0.15, 0.2) is 0 Å². The largest absolute Gasteiger partial charge is 0.331 e. The highest BCUT2D eigenvalue weighted by atomic mass is 29.8. The standard InChI is InChI=1S/C8H28N2Si4/c1-5-9(6-2)13(11)14(12)10(7-3)8-4/h13-14H,5-8H2,1-4,11-12H3. The highest BCUT2D eigenvalue weighted by molar-refractivity contribution is 7.52. The van der Waals surface area contributed by atoms with Crippen LogP contribution >= 0.6 is 0 Å². The van der Waals surface area contributed by atoms with E-state index >= 15 is 0 Å². The minimum Gasteiger partial charge on any atom is -0.331 e. The van der Waals surface area contributed by atoms with E-state index in [0.29, 0.717) is 0 Å². The molecular formula is C8H28N2Si4. The van der Waals surface area contributed by atoms with Gasteiger partial charge in [0.05, 0.1) is 16.0 Å². The summed E-state index contributed by atoms with van der Waals surface area (Å²) >= 11 is 0. The van der Waals surface area contributed by atoms with Gasteiger partial charge in [0.2, 0.25) is 0 Å². The Labute approximate surface area is 98.6 Å². The van der Waals surface area contributed by atoms with Gasteiger partial charge < -0.3 is 9.13 Å².